The van der Waals surface area contributed by atoms with Gasteiger partial charge >= 0.3 is 12.4 Å². The number of carbonyl (C=O) groups excluding carboxylic acids is 2. The summed E-state index contributed by atoms with van der Waals surface area (Å²) in [4.78, 5) is 34.9. The summed E-state index contributed by atoms with van der Waals surface area (Å²) < 4.78 is 95.8. The van der Waals surface area contributed by atoms with Gasteiger partial charge in [0.1, 0.15) is 22.5 Å². The zero-order valence-corrected chi connectivity index (χ0v) is 32.6. The maximum Gasteiger partial charge on any atom is 0.425 e. The van der Waals surface area contributed by atoms with Crippen molar-refractivity contribution in [2.75, 3.05) is 26.2 Å². The van der Waals surface area contributed by atoms with Gasteiger partial charge in [0.25, 0.3) is 11.8 Å². The Bertz CT molecular complexity index is 2020. The fourth-order valence-corrected chi connectivity index (χ4v) is 8.83. The van der Waals surface area contributed by atoms with Crippen molar-refractivity contribution in [3.05, 3.63) is 92.7 Å². The summed E-state index contributed by atoms with van der Waals surface area (Å²) in [6.07, 6.45) is -6.95. The molecule has 17 heteroatoms. The lowest BCUT2D eigenvalue weighted by Gasteiger charge is -2.53. The molecule has 0 bridgehead atoms. The molecule has 2 amide bonds. The lowest BCUT2D eigenvalue weighted by Crippen LogP contribution is -2.71. The number of aryl methyl sites for hydroxylation is 2. The molecule has 0 saturated carbocycles. The predicted octanol–water partition coefficient (Wildman–Crippen LogP) is 8.26. The molecule has 2 saturated heterocycles. The molecule has 2 fully saturated rings. The van der Waals surface area contributed by atoms with Crippen molar-refractivity contribution in [2.45, 2.75) is 102 Å². The van der Waals surface area contributed by atoms with Crippen LogP contribution in [0.5, 0.6) is 11.5 Å². The van der Waals surface area contributed by atoms with Crippen molar-refractivity contribution in [1.29, 1.82) is 0 Å². The Morgan fingerprint density at radius 3 is 2.44 bits per heavy atom. The van der Waals surface area contributed by atoms with Crippen LogP contribution in [0.2, 0.25) is 0 Å². The summed E-state index contributed by atoms with van der Waals surface area (Å²) in [6, 6.07) is 8.62. The van der Waals surface area contributed by atoms with E-state index in [1.807, 2.05) is 13.8 Å². The van der Waals surface area contributed by atoms with E-state index in [9.17, 15) is 36.2 Å². The standard InChI is InChI=1S/C40H45F6N5O5S/c1-4-14-38(36(53)50-19-15-37(54,16-20-50)31-10-5-6-11-32(31)55-21-8-9-28-25(2)48-49-26(28)3)33(56-27-22-34(57-24-27)40(44,45)46)12-7-18-51(38)35(52)29-23-47-17-13-30(29)39(41,42)43/h5-6,10-11,13,17,22-24,33,54H,4,7-9,12,14-16,18-21H2,1-3H3,(H,48,49)/t33-,38+/m0/s1. The molecule has 1 aromatic carbocycles. The van der Waals surface area contributed by atoms with Crippen molar-refractivity contribution in [3.63, 3.8) is 0 Å². The maximum absolute atomic E-state index is 15.1. The number of halogens is 6. The zero-order chi connectivity index (χ0) is 41.2. The van der Waals surface area contributed by atoms with Crippen LogP contribution < -0.4 is 9.47 Å². The lowest BCUT2D eigenvalue weighted by atomic mass is 9.76. The number of ether oxygens (including phenoxy) is 2. The highest BCUT2D eigenvalue weighted by Crippen LogP contribution is 2.44. The van der Waals surface area contributed by atoms with Gasteiger partial charge in [0, 0.05) is 54.7 Å². The molecule has 3 aromatic heterocycles. The second-order valence-corrected chi connectivity index (χ2v) is 15.5. The van der Waals surface area contributed by atoms with Gasteiger partial charge in [0.2, 0.25) is 0 Å². The number of hydrogen-bond acceptors (Lipinski definition) is 8. The van der Waals surface area contributed by atoms with Gasteiger partial charge in [-0.25, -0.2) is 0 Å². The van der Waals surface area contributed by atoms with Gasteiger partial charge < -0.3 is 24.4 Å². The number of nitrogens with one attached hydrogen (secondary N) is 1. The van der Waals surface area contributed by atoms with E-state index >= 15 is 4.79 Å². The average molecular weight is 822 g/mol. The Morgan fingerprint density at radius 2 is 1.79 bits per heavy atom. The summed E-state index contributed by atoms with van der Waals surface area (Å²) in [6.45, 7) is 5.89. The van der Waals surface area contributed by atoms with E-state index < -0.39 is 57.4 Å². The molecule has 308 valence electrons. The van der Waals surface area contributed by atoms with Crippen LogP contribution in [0.1, 0.15) is 95.2 Å². The van der Waals surface area contributed by atoms with Crippen LogP contribution in [-0.4, -0.2) is 79.8 Å². The molecule has 10 nitrogen and oxygen atoms in total. The van der Waals surface area contributed by atoms with Gasteiger partial charge in [0.15, 0.2) is 5.54 Å². The number of thiophene rings is 1. The topological polar surface area (TPSA) is 121 Å². The lowest BCUT2D eigenvalue weighted by molar-refractivity contribution is -0.158. The number of hydrogen-bond donors (Lipinski definition) is 2. The summed E-state index contributed by atoms with van der Waals surface area (Å²) in [5, 5.41) is 20.4. The zero-order valence-electron chi connectivity index (χ0n) is 31.8. The molecular formula is C40H45F6N5O5S. The number of para-hydroxylation sites is 1. The first-order chi connectivity index (χ1) is 27.0. The maximum atomic E-state index is 15.1. The van der Waals surface area contributed by atoms with Crippen LogP contribution in [0.25, 0.3) is 0 Å². The van der Waals surface area contributed by atoms with Crippen LogP contribution in [0.4, 0.5) is 26.3 Å². The quantitative estimate of drug-likeness (QED) is 0.109. The molecule has 2 N–H and O–H groups in total. The molecule has 2 aliphatic heterocycles. The first kappa shape index (κ1) is 42.0. The molecule has 0 aliphatic carbocycles. The van der Waals surface area contributed by atoms with E-state index in [-0.39, 0.29) is 63.9 Å². The number of benzene rings is 1. The third-order valence-electron chi connectivity index (χ3n) is 11.0. The highest BCUT2D eigenvalue weighted by molar-refractivity contribution is 7.10. The second kappa shape index (κ2) is 16.7. The Labute approximate surface area is 330 Å². The Balaban J connectivity index is 1.28. The van der Waals surface area contributed by atoms with E-state index in [4.69, 9.17) is 9.47 Å². The summed E-state index contributed by atoms with van der Waals surface area (Å²) in [5.41, 5.74) is -1.73. The van der Waals surface area contributed by atoms with Crippen molar-refractivity contribution >= 4 is 23.2 Å². The van der Waals surface area contributed by atoms with Gasteiger partial charge in [-0.15, -0.1) is 11.3 Å². The number of piperidine rings is 2. The summed E-state index contributed by atoms with van der Waals surface area (Å²) >= 11 is 0.408. The second-order valence-electron chi connectivity index (χ2n) is 14.6. The molecular weight excluding hydrogens is 777 g/mol. The molecule has 2 atom stereocenters. The molecule has 0 spiro atoms. The molecule has 5 heterocycles. The van der Waals surface area contributed by atoms with Gasteiger partial charge in [-0.2, -0.15) is 31.4 Å². The third kappa shape index (κ3) is 8.64. The van der Waals surface area contributed by atoms with Crippen LogP contribution >= 0.6 is 11.3 Å². The number of aromatic amines is 1. The van der Waals surface area contributed by atoms with E-state index in [0.717, 1.165) is 52.1 Å². The molecule has 6 rings (SSSR count). The van der Waals surface area contributed by atoms with E-state index in [0.29, 0.717) is 41.7 Å². The van der Waals surface area contributed by atoms with Crippen molar-refractivity contribution in [1.82, 2.24) is 25.0 Å². The molecule has 57 heavy (non-hydrogen) atoms. The Morgan fingerprint density at radius 1 is 1.05 bits per heavy atom. The number of pyridine rings is 1. The number of aromatic nitrogens is 3. The highest BCUT2D eigenvalue weighted by atomic mass is 32.1. The van der Waals surface area contributed by atoms with Gasteiger partial charge in [-0.1, -0.05) is 31.5 Å². The number of rotatable bonds is 12. The minimum Gasteiger partial charge on any atom is -0.493 e. The number of carbonyl (C=O) groups is 2. The molecule has 4 aromatic rings. The normalized spacial score (nSPS) is 20.1. The van der Waals surface area contributed by atoms with E-state index in [2.05, 4.69) is 15.2 Å². The monoisotopic (exact) mass is 821 g/mol. The average Bonchev–Trinajstić information content (AvgIpc) is 3.79. The van der Waals surface area contributed by atoms with E-state index in [1.54, 1.807) is 31.2 Å². The summed E-state index contributed by atoms with van der Waals surface area (Å²) in [5.74, 6) is -1.39. The number of alkyl halides is 6. The highest BCUT2D eigenvalue weighted by Gasteiger charge is 2.58. The van der Waals surface area contributed by atoms with Crippen LogP contribution in [0.15, 0.2) is 54.2 Å². The van der Waals surface area contributed by atoms with Gasteiger partial charge in [0.05, 0.1) is 29.0 Å². The number of nitrogens with zero attached hydrogens (tertiary/aromatic N) is 4. The Kier molecular flexibility index (Phi) is 12.3. The first-order valence-corrected chi connectivity index (χ1v) is 19.8. The fraction of sp³-hybridized carbons (Fsp3) is 0.500. The van der Waals surface area contributed by atoms with Crippen molar-refractivity contribution in [2.24, 2.45) is 0 Å². The van der Waals surface area contributed by atoms with Gasteiger partial charge in [-0.05, 0) is 76.5 Å². The molecule has 2 aliphatic rings. The van der Waals surface area contributed by atoms with Crippen molar-refractivity contribution in [3.8, 4) is 11.5 Å². The number of H-pyrrole nitrogens is 1. The van der Waals surface area contributed by atoms with Crippen LogP contribution in [0, 0.1) is 13.8 Å². The minimum absolute atomic E-state index is 0.000290. The number of aliphatic hydroxyl groups is 1. The number of likely N-dealkylation sites (tertiary alicyclic amines) is 2. The van der Waals surface area contributed by atoms with Crippen LogP contribution in [-0.2, 0) is 29.2 Å². The number of amides is 2. The fourth-order valence-electron chi connectivity index (χ4n) is 8.15. The first-order valence-electron chi connectivity index (χ1n) is 18.9. The SMILES string of the molecule is CCC[C@]1(C(=O)N2CCC(O)(c3ccccc3OCCCc3c(C)n[nH]c3C)CC2)[C@@H](Oc2csc(C(F)(F)F)c2)CCCN1C(=O)c1cnccc1C(F)(F)F. The van der Waals surface area contributed by atoms with Crippen LogP contribution in [0.3, 0.4) is 0 Å². The van der Waals surface area contributed by atoms with Gasteiger partial charge in [-0.3, -0.25) is 19.7 Å². The molecule has 0 radical (unpaired) electrons. The Hall–Kier alpha value is -4.64. The predicted molar refractivity (Wildman–Crippen MR) is 199 cm³/mol. The largest absolute Gasteiger partial charge is 0.493 e. The molecule has 0 unspecified atom stereocenters. The minimum atomic E-state index is -4.92. The van der Waals surface area contributed by atoms with Crippen molar-refractivity contribution < 1.29 is 50.5 Å². The van der Waals surface area contributed by atoms with E-state index in [1.165, 1.54) is 4.90 Å². The summed E-state index contributed by atoms with van der Waals surface area (Å²) in [7, 11) is 0. The smallest absolute Gasteiger partial charge is 0.425 e. The third-order valence-corrected chi connectivity index (χ3v) is 11.9.